The van der Waals surface area contributed by atoms with Gasteiger partial charge in [-0.25, -0.2) is 0 Å². The van der Waals surface area contributed by atoms with Crippen molar-refractivity contribution in [2.45, 2.75) is 37.4 Å². The normalized spacial score (nSPS) is 26.3. The molecule has 17 heavy (non-hydrogen) atoms. The van der Waals surface area contributed by atoms with E-state index in [0.29, 0.717) is 0 Å². The molecule has 2 unspecified atom stereocenters. The lowest BCUT2D eigenvalue weighted by Crippen LogP contribution is -2.39. The van der Waals surface area contributed by atoms with E-state index in [2.05, 4.69) is 48.0 Å². The minimum atomic E-state index is 0.727. The summed E-state index contributed by atoms with van der Waals surface area (Å²) in [6.07, 6.45) is 0. The molecular weight excluding hydrogens is 232 g/mol. The van der Waals surface area contributed by atoms with Crippen LogP contribution < -0.4 is 5.32 Å². The second-order valence-electron chi connectivity index (χ2n) is 4.85. The number of rotatable bonds is 4. The van der Waals surface area contributed by atoms with E-state index in [1.54, 1.807) is 0 Å². The van der Waals surface area contributed by atoms with Crippen LogP contribution in [0.1, 0.15) is 25.4 Å². The van der Waals surface area contributed by atoms with Gasteiger partial charge in [0.25, 0.3) is 0 Å². The molecule has 1 aliphatic heterocycles. The van der Waals surface area contributed by atoms with Gasteiger partial charge in [0, 0.05) is 23.6 Å². The summed E-state index contributed by atoms with van der Waals surface area (Å²) in [7, 11) is 1.94. The molecule has 0 aromatic carbocycles. The highest BCUT2D eigenvalue weighted by Crippen LogP contribution is 2.25. The van der Waals surface area contributed by atoms with E-state index < -0.39 is 0 Å². The van der Waals surface area contributed by atoms with E-state index in [1.807, 2.05) is 7.05 Å². The van der Waals surface area contributed by atoms with Gasteiger partial charge in [0.05, 0.1) is 13.1 Å². The summed E-state index contributed by atoms with van der Waals surface area (Å²) in [6.45, 7) is 8.69. The molecule has 0 radical (unpaired) electrons. The standard InChI is InChI=1S/C13H22N2OS/c1-10-7-15(8-11(2)17-10)9-13-5-4-12(16-13)6-14-3/h4-5,10-11,14H,6-9H2,1-3H3. The fraction of sp³-hybridized carbons (Fsp3) is 0.692. The first-order chi connectivity index (χ1) is 8.17. The van der Waals surface area contributed by atoms with E-state index >= 15 is 0 Å². The largest absolute Gasteiger partial charge is 0.463 e. The van der Waals surface area contributed by atoms with Gasteiger partial charge in [-0.15, -0.1) is 0 Å². The monoisotopic (exact) mass is 254 g/mol. The van der Waals surface area contributed by atoms with Crippen LogP contribution in [-0.4, -0.2) is 35.5 Å². The first-order valence-electron chi connectivity index (χ1n) is 6.27. The highest BCUT2D eigenvalue weighted by atomic mass is 32.2. The molecule has 96 valence electrons. The maximum atomic E-state index is 5.79. The molecule has 3 nitrogen and oxygen atoms in total. The number of furan rings is 1. The van der Waals surface area contributed by atoms with Crippen LogP contribution in [0.2, 0.25) is 0 Å². The minimum Gasteiger partial charge on any atom is -0.463 e. The molecule has 2 heterocycles. The van der Waals surface area contributed by atoms with Gasteiger partial charge in [0.2, 0.25) is 0 Å². The topological polar surface area (TPSA) is 28.4 Å². The number of hydrogen-bond donors (Lipinski definition) is 1. The third kappa shape index (κ3) is 3.76. The zero-order valence-corrected chi connectivity index (χ0v) is 11.7. The minimum absolute atomic E-state index is 0.727. The number of thioether (sulfide) groups is 1. The Morgan fingerprint density at radius 3 is 2.59 bits per heavy atom. The van der Waals surface area contributed by atoms with Crippen molar-refractivity contribution >= 4 is 11.8 Å². The molecule has 0 saturated carbocycles. The first kappa shape index (κ1) is 13.0. The summed E-state index contributed by atoms with van der Waals surface area (Å²) in [5.74, 6) is 2.11. The van der Waals surface area contributed by atoms with Crippen LogP contribution in [0, 0.1) is 0 Å². The molecule has 0 bridgehead atoms. The third-order valence-electron chi connectivity index (χ3n) is 2.94. The molecule has 0 aliphatic carbocycles. The molecular formula is C13H22N2OS. The van der Waals surface area contributed by atoms with E-state index in [0.717, 1.165) is 48.2 Å². The molecule has 1 aromatic rings. The van der Waals surface area contributed by atoms with Crippen molar-refractivity contribution in [3.8, 4) is 0 Å². The summed E-state index contributed by atoms with van der Waals surface area (Å²) in [4.78, 5) is 2.49. The average molecular weight is 254 g/mol. The summed E-state index contributed by atoms with van der Waals surface area (Å²) >= 11 is 2.09. The maximum absolute atomic E-state index is 5.79. The van der Waals surface area contributed by atoms with Crippen LogP contribution in [0.15, 0.2) is 16.5 Å². The first-order valence-corrected chi connectivity index (χ1v) is 7.21. The van der Waals surface area contributed by atoms with Crippen molar-refractivity contribution < 1.29 is 4.42 Å². The Kier molecular flexibility index (Phi) is 4.54. The smallest absolute Gasteiger partial charge is 0.118 e. The Hall–Kier alpha value is -0.450. The molecule has 1 aromatic heterocycles. The van der Waals surface area contributed by atoms with Crippen LogP contribution in [0.5, 0.6) is 0 Å². The zero-order chi connectivity index (χ0) is 12.3. The quantitative estimate of drug-likeness (QED) is 0.892. The van der Waals surface area contributed by atoms with E-state index in [9.17, 15) is 0 Å². The molecule has 4 heteroatoms. The van der Waals surface area contributed by atoms with E-state index in [1.165, 1.54) is 0 Å². The van der Waals surface area contributed by atoms with Crippen LogP contribution in [0.3, 0.4) is 0 Å². The van der Waals surface area contributed by atoms with Gasteiger partial charge in [-0.1, -0.05) is 13.8 Å². The van der Waals surface area contributed by atoms with Crippen molar-refractivity contribution in [1.29, 1.82) is 0 Å². The van der Waals surface area contributed by atoms with Gasteiger partial charge in [0.15, 0.2) is 0 Å². The van der Waals surface area contributed by atoms with Gasteiger partial charge < -0.3 is 9.73 Å². The summed E-state index contributed by atoms with van der Waals surface area (Å²) in [6, 6.07) is 4.17. The SMILES string of the molecule is CNCc1ccc(CN2CC(C)SC(C)C2)o1. The summed E-state index contributed by atoms with van der Waals surface area (Å²) in [5.41, 5.74) is 0. The zero-order valence-electron chi connectivity index (χ0n) is 10.9. The van der Waals surface area contributed by atoms with Gasteiger partial charge in [-0.05, 0) is 19.2 Å². The molecule has 2 atom stereocenters. The van der Waals surface area contributed by atoms with Crippen molar-refractivity contribution in [1.82, 2.24) is 10.2 Å². The van der Waals surface area contributed by atoms with Crippen LogP contribution in [0.4, 0.5) is 0 Å². The molecule has 0 amide bonds. The number of nitrogens with zero attached hydrogens (tertiary/aromatic N) is 1. The molecule has 0 spiro atoms. The maximum Gasteiger partial charge on any atom is 0.118 e. The molecule has 2 rings (SSSR count). The molecule has 1 fully saturated rings. The highest BCUT2D eigenvalue weighted by Gasteiger charge is 2.22. The Bertz CT molecular complexity index is 343. The molecule has 1 aliphatic rings. The fourth-order valence-corrected chi connectivity index (χ4v) is 3.80. The van der Waals surface area contributed by atoms with Crippen LogP contribution in [-0.2, 0) is 13.1 Å². The lowest BCUT2D eigenvalue weighted by atomic mass is 10.3. The predicted molar refractivity (Wildman–Crippen MR) is 73.3 cm³/mol. The second kappa shape index (κ2) is 5.94. The van der Waals surface area contributed by atoms with E-state index in [4.69, 9.17) is 4.42 Å². The lowest BCUT2D eigenvalue weighted by Gasteiger charge is -2.33. The second-order valence-corrected chi connectivity index (χ2v) is 6.73. The van der Waals surface area contributed by atoms with Gasteiger partial charge >= 0.3 is 0 Å². The van der Waals surface area contributed by atoms with Crippen molar-refractivity contribution in [2.24, 2.45) is 0 Å². The molecule has 1 saturated heterocycles. The molecule has 1 N–H and O–H groups in total. The Morgan fingerprint density at radius 1 is 1.29 bits per heavy atom. The Morgan fingerprint density at radius 2 is 1.94 bits per heavy atom. The van der Waals surface area contributed by atoms with Crippen molar-refractivity contribution in [2.75, 3.05) is 20.1 Å². The summed E-state index contributed by atoms with van der Waals surface area (Å²) < 4.78 is 5.79. The Balaban J connectivity index is 1.90. The number of nitrogens with one attached hydrogen (secondary N) is 1. The van der Waals surface area contributed by atoms with E-state index in [-0.39, 0.29) is 0 Å². The van der Waals surface area contributed by atoms with Crippen LogP contribution >= 0.6 is 11.8 Å². The lowest BCUT2D eigenvalue weighted by molar-refractivity contribution is 0.239. The van der Waals surface area contributed by atoms with Gasteiger partial charge in [0.1, 0.15) is 11.5 Å². The van der Waals surface area contributed by atoms with Crippen LogP contribution in [0.25, 0.3) is 0 Å². The third-order valence-corrected chi connectivity index (χ3v) is 4.17. The van der Waals surface area contributed by atoms with Gasteiger partial charge in [-0.3, -0.25) is 4.90 Å². The number of hydrogen-bond acceptors (Lipinski definition) is 4. The fourth-order valence-electron chi connectivity index (χ4n) is 2.41. The average Bonchev–Trinajstić information content (AvgIpc) is 2.64. The predicted octanol–water partition coefficient (Wildman–Crippen LogP) is 2.32. The Labute approximate surface area is 108 Å². The summed E-state index contributed by atoms with van der Waals surface area (Å²) in [5, 5.41) is 4.56. The van der Waals surface area contributed by atoms with Crippen molar-refractivity contribution in [3.63, 3.8) is 0 Å². The van der Waals surface area contributed by atoms with Gasteiger partial charge in [-0.2, -0.15) is 11.8 Å². The highest BCUT2D eigenvalue weighted by molar-refractivity contribution is 8.00. The van der Waals surface area contributed by atoms with Crippen molar-refractivity contribution in [3.05, 3.63) is 23.7 Å².